The first-order valence-electron chi connectivity index (χ1n) is 4.95. The van der Waals surface area contributed by atoms with Crippen LogP contribution < -0.4 is 5.32 Å². The van der Waals surface area contributed by atoms with E-state index >= 15 is 0 Å². The Hall–Kier alpha value is -1.58. The van der Waals surface area contributed by atoms with Gasteiger partial charge in [0.25, 0.3) is 0 Å². The number of methoxy groups -OCH3 is 1. The van der Waals surface area contributed by atoms with Gasteiger partial charge in [0.2, 0.25) is 0 Å². The third kappa shape index (κ3) is 2.94. The number of esters is 1. The average molecular weight is 208 g/mol. The summed E-state index contributed by atoms with van der Waals surface area (Å²) < 4.78 is 4.69. The smallest absolute Gasteiger partial charge is 0.328 e. The van der Waals surface area contributed by atoms with E-state index in [1.807, 2.05) is 26.0 Å². The van der Waals surface area contributed by atoms with Crippen LogP contribution in [0.5, 0.6) is 0 Å². The molecule has 82 valence electrons. The van der Waals surface area contributed by atoms with Gasteiger partial charge in [-0.1, -0.05) is 6.92 Å². The fraction of sp³-hybridized carbons (Fsp3) is 0.455. The molecule has 0 spiro atoms. The normalized spacial score (nSPS) is 11.9. The zero-order valence-electron chi connectivity index (χ0n) is 9.28. The van der Waals surface area contributed by atoms with Crippen molar-refractivity contribution in [3.05, 3.63) is 24.0 Å². The van der Waals surface area contributed by atoms with Crippen LogP contribution in [-0.2, 0) is 9.53 Å². The molecule has 0 aliphatic heterocycles. The number of nitrogens with zero attached hydrogens (tertiary/aromatic N) is 1. The second-order valence-electron chi connectivity index (χ2n) is 3.26. The van der Waals surface area contributed by atoms with Crippen LogP contribution in [0.3, 0.4) is 0 Å². The molecule has 15 heavy (non-hydrogen) atoms. The summed E-state index contributed by atoms with van der Waals surface area (Å²) >= 11 is 0. The Morgan fingerprint density at radius 3 is 2.93 bits per heavy atom. The van der Waals surface area contributed by atoms with E-state index in [1.165, 1.54) is 7.11 Å². The van der Waals surface area contributed by atoms with Gasteiger partial charge in [-0.05, 0) is 25.5 Å². The lowest BCUT2D eigenvalue weighted by Crippen LogP contribution is -2.30. The molecule has 0 saturated heterocycles. The van der Waals surface area contributed by atoms with Crippen molar-refractivity contribution in [1.29, 1.82) is 0 Å². The fourth-order valence-corrected chi connectivity index (χ4v) is 1.29. The van der Waals surface area contributed by atoms with E-state index in [4.69, 9.17) is 4.74 Å². The Kier molecular flexibility index (Phi) is 4.09. The summed E-state index contributed by atoms with van der Waals surface area (Å²) in [7, 11) is 1.39. The largest absolute Gasteiger partial charge is 0.467 e. The minimum absolute atomic E-state index is 0.249. The first-order valence-corrected chi connectivity index (χ1v) is 4.95. The molecule has 1 atom stereocenters. The van der Waals surface area contributed by atoms with Gasteiger partial charge in [-0.15, -0.1) is 0 Å². The van der Waals surface area contributed by atoms with Crippen LogP contribution in [0, 0.1) is 6.92 Å². The van der Waals surface area contributed by atoms with Crippen LogP contribution >= 0.6 is 0 Å². The summed E-state index contributed by atoms with van der Waals surface area (Å²) in [6.45, 7) is 3.83. The number of carbonyl (C=O) groups excluding carboxylic acids is 1. The summed E-state index contributed by atoms with van der Waals surface area (Å²) in [4.78, 5) is 15.5. The number of pyridine rings is 1. The first-order chi connectivity index (χ1) is 7.19. The highest BCUT2D eigenvalue weighted by atomic mass is 16.5. The molecule has 0 saturated carbocycles. The van der Waals surface area contributed by atoms with Crippen molar-refractivity contribution in [3.63, 3.8) is 0 Å². The lowest BCUT2D eigenvalue weighted by Gasteiger charge is -2.16. The van der Waals surface area contributed by atoms with Gasteiger partial charge in [-0.25, -0.2) is 4.79 Å². The topological polar surface area (TPSA) is 51.2 Å². The molecule has 1 aromatic heterocycles. The van der Waals surface area contributed by atoms with Gasteiger partial charge in [0.1, 0.15) is 6.04 Å². The fourth-order valence-electron chi connectivity index (χ4n) is 1.29. The number of aryl methyl sites for hydroxylation is 1. The molecule has 1 heterocycles. The highest BCUT2D eigenvalue weighted by molar-refractivity contribution is 5.79. The molecule has 1 aromatic rings. The monoisotopic (exact) mass is 208 g/mol. The molecule has 0 bridgehead atoms. The van der Waals surface area contributed by atoms with Gasteiger partial charge in [-0.3, -0.25) is 4.98 Å². The molecule has 0 aliphatic carbocycles. The van der Waals surface area contributed by atoms with Crippen molar-refractivity contribution >= 4 is 11.7 Å². The van der Waals surface area contributed by atoms with Gasteiger partial charge >= 0.3 is 5.97 Å². The number of hydrogen-bond donors (Lipinski definition) is 1. The van der Waals surface area contributed by atoms with Crippen LogP contribution in [-0.4, -0.2) is 24.1 Å². The van der Waals surface area contributed by atoms with Gasteiger partial charge < -0.3 is 10.1 Å². The molecule has 0 fully saturated rings. The summed E-state index contributed by atoms with van der Waals surface area (Å²) in [5.74, 6) is -0.249. The van der Waals surface area contributed by atoms with Crippen LogP contribution in [0.1, 0.15) is 19.0 Å². The SMILES string of the molecule is CCC(Nc1cccnc1C)C(=O)OC. The van der Waals surface area contributed by atoms with Crippen molar-refractivity contribution in [3.8, 4) is 0 Å². The zero-order valence-corrected chi connectivity index (χ0v) is 9.28. The Balaban J connectivity index is 2.75. The molecule has 1 rings (SSSR count). The Morgan fingerprint density at radius 1 is 1.67 bits per heavy atom. The number of aromatic nitrogens is 1. The van der Waals surface area contributed by atoms with E-state index in [1.54, 1.807) is 6.20 Å². The Bertz CT molecular complexity index is 339. The van der Waals surface area contributed by atoms with Crippen LogP contribution in [0.15, 0.2) is 18.3 Å². The van der Waals surface area contributed by atoms with Gasteiger partial charge in [0.05, 0.1) is 18.5 Å². The summed E-state index contributed by atoms with van der Waals surface area (Å²) in [5.41, 5.74) is 1.75. The minimum Gasteiger partial charge on any atom is -0.467 e. The van der Waals surface area contributed by atoms with E-state index in [9.17, 15) is 4.79 Å². The van der Waals surface area contributed by atoms with Crippen LogP contribution in [0.2, 0.25) is 0 Å². The van der Waals surface area contributed by atoms with Crippen molar-refractivity contribution < 1.29 is 9.53 Å². The zero-order chi connectivity index (χ0) is 11.3. The number of nitrogens with one attached hydrogen (secondary N) is 1. The lowest BCUT2D eigenvalue weighted by atomic mass is 10.2. The van der Waals surface area contributed by atoms with E-state index in [-0.39, 0.29) is 12.0 Å². The van der Waals surface area contributed by atoms with E-state index in [0.29, 0.717) is 6.42 Å². The van der Waals surface area contributed by atoms with E-state index in [0.717, 1.165) is 11.4 Å². The maximum absolute atomic E-state index is 11.4. The molecule has 0 aliphatic rings. The molecule has 0 radical (unpaired) electrons. The third-order valence-corrected chi connectivity index (χ3v) is 2.23. The quantitative estimate of drug-likeness (QED) is 0.766. The number of rotatable bonds is 4. The third-order valence-electron chi connectivity index (χ3n) is 2.23. The van der Waals surface area contributed by atoms with Gasteiger partial charge in [-0.2, -0.15) is 0 Å². The molecular formula is C11H16N2O2. The first kappa shape index (κ1) is 11.5. The second kappa shape index (κ2) is 5.34. The molecule has 1 N–H and O–H groups in total. The van der Waals surface area contributed by atoms with Crippen molar-refractivity contribution in [2.24, 2.45) is 0 Å². The molecular weight excluding hydrogens is 192 g/mol. The van der Waals surface area contributed by atoms with Crippen molar-refractivity contribution in [2.45, 2.75) is 26.3 Å². The van der Waals surface area contributed by atoms with Gasteiger partial charge in [0, 0.05) is 6.20 Å². The van der Waals surface area contributed by atoms with E-state index in [2.05, 4.69) is 10.3 Å². The van der Waals surface area contributed by atoms with Crippen molar-refractivity contribution in [2.75, 3.05) is 12.4 Å². The maximum Gasteiger partial charge on any atom is 0.328 e. The van der Waals surface area contributed by atoms with Crippen LogP contribution in [0.4, 0.5) is 5.69 Å². The predicted molar refractivity (Wildman–Crippen MR) is 58.7 cm³/mol. The number of ether oxygens (including phenoxy) is 1. The molecule has 4 heteroatoms. The van der Waals surface area contributed by atoms with Gasteiger partial charge in [0.15, 0.2) is 0 Å². The van der Waals surface area contributed by atoms with E-state index < -0.39 is 0 Å². The number of carbonyl (C=O) groups is 1. The highest BCUT2D eigenvalue weighted by Crippen LogP contribution is 2.13. The number of anilines is 1. The van der Waals surface area contributed by atoms with Crippen LogP contribution in [0.25, 0.3) is 0 Å². The summed E-state index contributed by atoms with van der Waals surface area (Å²) in [5, 5.41) is 3.11. The standard InChI is InChI=1S/C11H16N2O2/c1-4-9(11(14)15-3)13-10-6-5-7-12-8(10)2/h5-7,9,13H,4H2,1-3H3. The Morgan fingerprint density at radius 2 is 2.40 bits per heavy atom. The summed E-state index contributed by atoms with van der Waals surface area (Å²) in [6.07, 6.45) is 2.40. The average Bonchev–Trinajstić information content (AvgIpc) is 2.27. The summed E-state index contributed by atoms with van der Waals surface area (Å²) in [6, 6.07) is 3.42. The maximum atomic E-state index is 11.4. The van der Waals surface area contributed by atoms with Crippen molar-refractivity contribution in [1.82, 2.24) is 4.98 Å². The molecule has 0 amide bonds. The Labute approximate surface area is 89.7 Å². The molecule has 4 nitrogen and oxygen atoms in total. The second-order valence-corrected chi connectivity index (χ2v) is 3.26. The predicted octanol–water partition coefficient (Wildman–Crippen LogP) is 1.75. The minimum atomic E-state index is -0.308. The lowest BCUT2D eigenvalue weighted by molar-refractivity contribution is -0.141. The molecule has 1 unspecified atom stereocenters. The number of hydrogen-bond acceptors (Lipinski definition) is 4. The highest BCUT2D eigenvalue weighted by Gasteiger charge is 2.16. The molecule has 0 aromatic carbocycles.